The summed E-state index contributed by atoms with van der Waals surface area (Å²) in [6, 6.07) is 3.94. The Morgan fingerprint density at radius 3 is 2.61 bits per heavy atom. The molecule has 0 saturated heterocycles. The summed E-state index contributed by atoms with van der Waals surface area (Å²) in [5, 5.41) is 6.43. The van der Waals surface area contributed by atoms with Gasteiger partial charge in [-0.25, -0.2) is 4.98 Å². The van der Waals surface area contributed by atoms with Crippen LogP contribution in [0.4, 0.5) is 11.6 Å². The van der Waals surface area contributed by atoms with Crippen LogP contribution in [0.3, 0.4) is 0 Å². The van der Waals surface area contributed by atoms with E-state index in [1.165, 1.54) is 0 Å². The van der Waals surface area contributed by atoms with Crippen molar-refractivity contribution in [3.8, 4) is 0 Å². The molecule has 0 saturated carbocycles. The van der Waals surface area contributed by atoms with Crippen LogP contribution in [0.15, 0.2) is 36.9 Å². The van der Waals surface area contributed by atoms with Gasteiger partial charge < -0.3 is 10.6 Å². The fraction of sp³-hybridized carbons (Fsp3) is 0.308. The third-order valence-electron chi connectivity index (χ3n) is 2.39. The lowest BCUT2D eigenvalue weighted by Gasteiger charge is -2.07. The van der Waals surface area contributed by atoms with Crippen molar-refractivity contribution in [2.45, 2.75) is 19.9 Å². The first-order valence-corrected chi connectivity index (χ1v) is 6.07. The second-order valence-electron chi connectivity index (χ2n) is 3.93. The molecule has 0 aliphatic rings. The molecule has 2 heterocycles. The fourth-order valence-corrected chi connectivity index (χ4v) is 1.48. The molecule has 0 bridgehead atoms. The van der Waals surface area contributed by atoms with Gasteiger partial charge in [0.25, 0.3) is 0 Å². The number of aromatic nitrogens is 3. The Balaban J connectivity index is 1.93. The zero-order chi connectivity index (χ0) is 12.6. The van der Waals surface area contributed by atoms with Gasteiger partial charge in [-0.3, -0.25) is 9.97 Å². The predicted molar refractivity (Wildman–Crippen MR) is 72.4 cm³/mol. The second kappa shape index (κ2) is 6.54. The first kappa shape index (κ1) is 12.3. The highest BCUT2D eigenvalue weighted by molar-refractivity contribution is 5.41. The number of hydrogen-bond acceptors (Lipinski definition) is 5. The second-order valence-corrected chi connectivity index (χ2v) is 3.93. The van der Waals surface area contributed by atoms with E-state index >= 15 is 0 Å². The molecule has 5 nitrogen and oxygen atoms in total. The van der Waals surface area contributed by atoms with Crippen LogP contribution in [-0.2, 0) is 6.54 Å². The molecule has 0 atom stereocenters. The fourth-order valence-electron chi connectivity index (χ4n) is 1.48. The number of pyridine rings is 1. The monoisotopic (exact) mass is 243 g/mol. The topological polar surface area (TPSA) is 62.7 Å². The third kappa shape index (κ3) is 3.69. The summed E-state index contributed by atoms with van der Waals surface area (Å²) in [7, 11) is 0. The van der Waals surface area contributed by atoms with E-state index in [4.69, 9.17) is 0 Å². The molecule has 0 fully saturated rings. The van der Waals surface area contributed by atoms with Crippen LogP contribution in [0.1, 0.15) is 18.9 Å². The summed E-state index contributed by atoms with van der Waals surface area (Å²) in [5.74, 6) is 1.56. The number of nitrogens with one attached hydrogen (secondary N) is 2. The maximum Gasteiger partial charge on any atom is 0.147 e. The maximum atomic E-state index is 4.42. The SMILES string of the molecule is CCCNc1cncc(NCc2cccnc2)n1. The Kier molecular flexibility index (Phi) is 4.46. The van der Waals surface area contributed by atoms with Crippen molar-refractivity contribution in [3.63, 3.8) is 0 Å². The molecule has 2 rings (SSSR count). The molecule has 0 spiro atoms. The van der Waals surface area contributed by atoms with Crippen molar-refractivity contribution < 1.29 is 0 Å². The van der Waals surface area contributed by atoms with Crippen molar-refractivity contribution in [3.05, 3.63) is 42.5 Å². The molecule has 2 aromatic rings. The standard InChI is InChI=1S/C13H17N5/c1-2-5-16-12-9-15-10-13(18-12)17-8-11-4-3-6-14-7-11/h3-4,6-7,9-10H,2,5,8H2,1H3,(H2,16,17,18). The van der Waals surface area contributed by atoms with Crippen molar-refractivity contribution >= 4 is 11.6 Å². The molecular weight excluding hydrogens is 226 g/mol. The molecule has 0 aromatic carbocycles. The average molecular weight is 243 g/mol. The van der Waals surface area contributed by atoms with Gasteiger partial charge in [0.15, 0.2) is 0 Å². The molecule has 5 heteroatoms. The van der Waals surface area contributed by atoms with Crippen LogP contribution in [-0.4, -0.2) is 21.5 Å². The van der Waals surface area contributed by atoms with E-state index in [-0.39, 0.29) is 0 Å². The summed E-state index contributed by atoms with van der Waals surface area (Å²) in [5.41, 5.74) is 1.12. The molecule has 2 aromatic heterocycles. The lowest BCUT2D eigenvalue weighted by Crippen LogP contribution is -2.06. The van der Waals surface area contributed by atoms with E-state index in [0.29, 0.717) is 6.54 Å². The molecule has 94 valence electrons. The summed E-state index contributed by atoms with van der Waals surface area (Å²) in [6.07, 6.45) is 8.10. The molecule has 0 radical (unpaired) electrons. The first-order valence-electron chi connectivity index (χ1n) is 6.07. The predicted octanol–water partition coefficient (Wildman–Crippen LogP) is 2.31. The van der Waals surface area contributed by atoms with E-state index in [1.807, 2.05) is 18.3 Å². The highest BCUT2D eigenvalue weighted by Crippen LogP contribution is 2.08. The number of hydrogen-bond donors (Lipinski definition) is 2. The maximum absolute atomic E-state index is 4.42. The molecule has 2 N–H and O–H groups in total. The lowest BCUT2D eigenvalue weighted by atomic mass is 10.3. The van der Waals surface area contributed by atoms with Crippen molar-refractivity contribution in [2.75, 3.05) is 17.2 Å². The van der Waals surface area contributed by atoms with Crippen molar-refractivity contribution in [2.24, 2.45) is 0 Å². The average Bonchev–Trinajstić information content (AvgIpc) is 2.44. The minimum Gasteiger partial charge on any atom is -0.369 e. The summed E-state index contributed by atoms with van der Waals surface area (Å²) >= 11 is 0. The van der Waals surface area contributed by atoms with Crippen LogP contribution in [0.5, 0.6) is 0 Å². The third-order valence-corrected chi connectivity index (χ3v) is 2.39. The summed E-state index contributed by atoms with van der Waals surface area (Å²) in [6.45, 7) is 3.71. The first-order chi connectivity index (χ1) is 8.88. The Morgan fingerprint density at radius 2 is 1.89 bits per heavy atom. The molecule has 0 unspecified atom stereocenters. The largest absolute Gasteiger partial charge is 0.369 e. The molecular formula is C13H17N5. The van der Waals surface area contributed by atoms with Crippen molar-refractivity contribution in [1.29, 1.82) is 0 Å². The zero-order valence-corrected chi connectivity index (χ0v) is 10.4. The minimum absolute atomic E-state index is 0.694. The minimum atomic E-state index is 0.694. The van der Waals surface area contributed by atoms with E-state index in [0.717, 1.165) is 30.2 Å². The van der Waals surface area contributed by atoms with Gasteiger partial charge in [-0.1, -0.05) is 13.0 Å². The van der Waals surface area contributed by atoms with Gasteiger partial charge in [0.2, 0.25) is 0 Å². The zero-order valence-electron chi connectivity index (χ0n) is 10.4. The van der Waals surface area contributed by atoms with Gasteiger partial charge in [-0.15, -0.1) is 0 Å². The van der Waals surface area contributed by atoms with Crippen LogP contribution in [0.25, 0.3) is 0 Å². The van der Waals surface area contributed by atoms with Crippen LogP contribution >= 0.6 is 0 Å². The van der Waals surface area contributed by atoms with Gasteiger partial charge in [0, 0.05) is 25.5 Å². The van der Waals surface area contributed by atoms with E-state index in [1.54, 1.807) is 18.6 Å². The quantitative estimate of drug-likeness (QED) is 0.815. The molecule has 0 amide bonds. The lowest BCUT2D eigenvalue weighted by molar-refractivity contribution is 0.962. The highest BCUT2D eigenvalue weighted by atomic mass is 15.1. The van der Waals surface area contributed by atoms with Crippen molar-refractivity contribution in [1.82, 2.24) is 15.0 Å². The van der Waals surface area contributed by atoms with Gasteiger partial charge >= 0.3 is 0 Å². The highest BCUT2D eigenvalue weighted by Gasteiger charge is 1.98. The smallest absolute Gasteiger partial charge is 0.147 e. The summed E-state index contributed by atoms with van der Waals surface area (Å²) in [4.78, 5) is 12.6. The number of rotatable bonds is 6. The number of nitrogens with zero attached hydrogens (tertiary/aromatic N) is 3. The Labute approximate surface area is 107 Å². The molecule has 0 aliphatic carbocycles. The number of anilines is 2. The van der Waals surface area contributed by atoms with Gasteiger partial charge in [-0.2, -0.15) is 0 Å². The van der Waals surface area contributed by atoms with E-state index in [2.05, 4.69) is 32.5 Å². The Hall–Kier alpha value is -2.17. The van der Waals surface area contributed by atoms with Gasteiger partial charge in [-0.05, 0) is 18.1 Å². The molecule has 18 heavy (non-hydrogen) atoms. The van der Waals surface area contributed by atoms with Crippen LogP contribution in [0, 0.1) is 0 Å². The Bertz CT molecular complexity index is 472. The van der Waals surface area contributed by atoms with Crippen LogP contribution < -0.4 is 10.6 Å². The Morgan fingerprint density at radius 1 is 1.06 bits per heavy atom. The summed E-state index contributed by atoms with van der Waals surface area (Å²) < 4.78 is 0. The van der Waals surface area contributed by atoms with E-state index < -0.39 is 0 Å². The van der Waals surface area contributed by atoms with Crippen LogP contribution in [0.2, 0.25) is 0 Å². The van der Waals surface area contributed by atoms with E-state index in [9.17, 15) is 0 Å². The molecule has 0 aliphatic heterocycles. The van der Waals surface area contributed by atoms with Gasteiger partial charge in [0.05, 0.1) is 12.4 Å². The van der Waals surface area contributed by atoms with Gasteiger partial charge in [0.1, 0.15) is 11.6 Å². The normalized spacial score (nSPS) is 10.1.